The quantitative estimate of drug-likeness (QED) is 0.759. The Labute approximate surface area is 119 Å². The summed E-state index contributed by atoms with van der Waals surface area (Å²) in [7, 11) is -1.74. The molecule has 2 nitrogen and oxygen atoms in total. The molecule has 0 fully saturated rings. The lowest BCUT2D eigenvalue weighted by Gasteiger charge is -2.27. The van der Waals surface area contributed by atoms with Crippen molar-refractivity contribution >= 4 is 30.3 Å². The van der Waals surface area contributed by atoms with Crippen LogP contribution < -0.4 is 0 Å². The number of halogens is 1. The molecule has 0 aliphatic carbocycles. The van der Waals surface area contributed by atoms with Gasteiger partial charge in [0.25, 0.3) is 0 Å². The average Bonchev–Trinajstić information content (AvgIpc) is 2.26. The van der Waals surface area contributed by atoms with Gasteiger partial charge in [0, 0.05) is 4.47 Å². The van der Waals surface area contributed by atoms with E-state index in [1.54, 1.807) is 6.92 Å². The van der Waals surface area contributed by atoms with Crippen LogP contribution in [-0.2, 0) is 4.43 Å². The summed E-state index contributed by atoms with van der Waals surface area (Å²) in [5.41, 5.74) is 0.205. The third-order valence-corrected chi connectivity index (χ3v) is 3.77. The Morgan fingerprint density at radius 3 is 2.28 bits per heavy atom. The van der Waals surface area contributed by atoms with Crippen LogP contribution in [0, 0.1) is 11.3 Å². The van der Waals surface area contributed by atoms with Gasteiger partial charge in [0.05, 0.1) is 0 Å². The van der Waals surface area contributed by atoms with Crippen LogP contribution in [0.3, 0.4) is 0 Å². The summed E-state index contributed by atoms with van der Waals surface area (Å²) < 4.78 is 6.94. The molecule has 4 heteroatoms. The summed E-state index contributed by atoms with van der Waals surface area (Å²) in [6.45, 7) is 8.04. The second kappa shape index (κ2) is 5.83. The highest BCUT2D eigenvalue weighted by molar-refractivity contribution is 9.10. The highest BCUT2D eigenvalue weighted by Crippen LogP contribution is 2.20. The van der Waals surface area contributed by atoms with Gasteiger partial charge in [0.15, 0.2) is 13.9 Å². The van der Waals surface area contributed by atoms with Gasteiger partial charge < -0.3 is 4.43 Å². The van der Waals surface area contributed by atoms with E-state index in [-0.39, 0.29) is 0 Å². The van der Waals surface area contributed by atoms with Crippen molar-refractivity contribution < 1.29 is 4.43 Å². The molecule has 0 spiro atoms. The second-order valence-corrected chi connectivity index (χ2v) is 10.7. The van der Waals surface area contributed by atoms with E-state index in [9.17, 15) is 5.26 Å². The Morgan fingerprint density at radius 2 is 1.83 bits per heavy atom. The Hall–Kier alpha value is -0.893. The molecule has 1 atom stereocenters. The highest BCUT2D eigenvalue weighted by atomic mass is 79.9. The van der Waals surface area contributed by atoms with E-state index >= 15 is 0 Å². The van der Waals surface area contributed by atoms with Gasteiger partial charge in [0.1, 0.15) is 6.07 Å². The molecule has 0 N–H and O–H groups in total. The minimum absolute atomic E-state index is 0.850. The van der Waals surface area contributed by atoms with E-state index in [1.165, 1.54) is 0 Å². The Kier molecular flexibility index (Phi) is 4.91. The molecule has 0 radical (unpaired) electrons. The van der Waals surface area contributed by atoms with Crippen LogP contribution in [0.4, 0.5) is 0 Å². The van der Waals surface area contributed by atoms with Gasteiger partial charge in [-0.2, -0.15) is 5.26 Å². The van der Waals surface area contributed by atoms with Crippen molar-refractivity contribution in [2.45, 2.75) is 32.2 Å². The zero-order chi connectivity index (χ0) is 13.8. The fourth-order valence-corrected chi connectivity index (χ4v) is 3.21. The third kappa shape index (κ3) is 5.17. The zero-order valence-electron chi connectivity index (χ0n) is 11.2. The van der Waals surface area contributed by atoms with Crippen LogP contribution in [0.1, 0.15) is 12.5 Å². The molecule has 0 aliphatic rings. The van der Waals surface area contributed by atoms with Crippen molar-refractivity contribution in [1.29, 1.82) is 5.26 Å². The lowest BCUT2D eigenvalue weighted by Crippen LogP contribution is -2.38. The van der Waals surface area contributed by atoms with Gasteiger partial charge in [-0.3, -0.25) is 0 Å². The number of nitriles is 1. The van der Waals surface area contributed by atoms with Gasteiger partial charge in [0.2, 0.25) is 0 Å². The molecule has 0 amide bonds. The van der Waals surface area contributed by atoms with Crippen LogP contribution in [0.15, 0.2) is 34.8 Å². The van der Waals surface area contributed by atoms with Gasteiger partial charge in [-0.05, 0) is 50.3 Å². The molecule has 0 bridgehead atoms. The van der Waals surface area contributed by atoms with E-state index in [4.69, 9.17) is 4.43 Å². The van der Waals surface area contributed by atoms with Gasteiger partial charge in [-0.25, -0.2) is 0 Å². The minimum Gasteiger partial charge on any atom is -0.397 e. The normalized spacial score (nSPS) is 15.3. The Balaban J connectivity index is 2.86. The molecule has 18 heavy (non-hydrogen) atoms. The highest BCUT2D eigenvalue weighted by Gasteiger charge is 2.28. The summed E-state index contributed by atoms with van der Waals surface area (Å²) in [6, 6.07) is 10.2. The first-order chi connectivity index (χ1) is 8.24. The van der Waals surface area contributed by atoms with Crippen molar-refractivity contribution in [3.05, 3.63) is 40.4 Å². The van der Waals surface area contributed by atoms with E-state index in [1.807, 2.05) is 36.4 Å². The predicted molar refractivity (Wildman–Crippen MR) is 81.6 cm³/mol. The fraction of sp³-hybridized carbons (Fsp3) is 0.357. The molecular formula is C14H18BrNOSi. The maximum atomic E-state index is 9.26. The van der Waals surface area contributed by atoms with Crippen LogP contribution in [0.2, 0.25) is 19.6 Å². The summed E-state index contributed by atoms with van der Waals surface area (Å²) in [4.78, 5) is 0. The van der Waals surface area contributed by atoms with E-state index < -0.39 is 13.9 Å². The van der Waals surface area contributed by atoms with Crippen molar-refractivity contribution in [2.75, 3.05) is 0 Å². The largest absolute Gasteiger partial charge is 0.397 e. The summed E-state index contributed by atoms with van der Waals surface area (Å²) in [6.07, 6.45) is 3.75. The van der Waals surface area contributed by atoms with Crippen LogP contribution >= 0.6 is 15.9 Å². The van der Waals surface area contributed by atoms with Crippen molar-refractivity contribution in [1.82, 2.24) is 0 Å². The summed E-state index contributed by atoms with van der Waals surface area (Å²) in [5, 5.41) is 9.26. The van der Waals surface area contributed by atoms with E-state index in [0.717, 1.165) is 10.0 Å². The van der Waals surface area contributed by atoms with Crippen LogP contribution in [-0.4, -0.2) is 13.9 Å². The number of nitrogens with zero attached hydrogens (tertiary/aromatic N) is 1. The number of benzene rings is 1. The average molecular weight is 324 g/mol. The third-order valence-electron chi connectivity index (χ3n) is 2.20. The first-order valence-corrected chi connectivity index (χ1v) is 10.0. The number of hydrogen-bond acceptors (Lipinski definition) is 2. The SMILES string of the molecule is C[C@@](C#N)(/C=C/c1ccc(Br)cc1)O[Si](C)(C)C. The standard InChI is InChI=1S/C14H18BrNOSi/c1-14(11-16,17-18(2,3)4)10-9-12-5-7-13(15)8-6-12/h5-10H,1-4H3/b10-9+/t14-/m0/s1. The Bertz CT molecular complexity index is 470. The molecule has 0 heterocycles. The molecular weight excluding hydrogens is 306 g/mol. The second-order valence-electron chi connectivity index (χ2n) is 5.32. The molecule has 1 rings (SSSR count). The maximum Gasteiger partial charge on any atom is 0.186 e. The molecule has 0 aliphatic heterocycles. The van der Waals surface area contributed by atoms with Gasteiger partial charge in [-0.1, -0.05) is 34.1 Å². The molecule has 96 valence electrons. The van der Waals surface area contributed by atoms with Crippen molar-refractivity contribution in [3.63, 3.8) is 0 Å². The lowest BCUT2D eigenvalue weighted by molar-refractivity contribution is 0.193. The predicted octanol–water partition coefficient (Wildman–Crippen LogP) is 4.60. The molecule has 0 saturated heterocycles. The van der Waals surface area contributed by atoms with Gasteiger partial charge >= 0.3 is 0 Å². The number of rotatable bonds is 4. The lowest BCUT2D eigenvalue weighted by atomic mass is 10.1. The molecule has 1 aromatic rings. The maximum absolute atomic E-state index is 9.26. The smallest absolute Gasteiger partial charge is 0.186 e. The van der Waals surface area contributed by atoms with E-state index in [2.05, 4.69) is 41.6 Å². The van der Waals surface area contributed by atoms with Crippen LogP contribution in [0.25, 0.3) is 6.08 Å². The molecule has 1 aromatic carbocycles. The van der Waals surface area contributed by atoms with Gasteiger partial charge in [-0.15, -0.1) is 0 Å². The van der Waals surface area contributed by atoms with Crippen LogP contribution in [0.5, 0.6) is 0 Å². The molecule has 0 unspecified atom stereocenters. The molecule has 0 saturated carbocycles. The first kappa shape index (κ1) is 15.2. The van der Waals surface area contributed by atoms with Crippen molar-refractivity contribution in [3.8, 4) is 6.07 Å². The Morgan fingerprint density at radius 1 is 1.28 bits per heavy atom. The topological polar surface area (TPSA) is 33.0 Å². The minimum atomic E-state index is -1.74. The zero-order valence-corrected chi connectivity index (χ0v) is 13.8. The first-order valence-electron chi connectivity index (χ1n) is 5.80. The summed E-state index contributed by atoms with van der Waals surface area (Å²) in [5.74, 6) is 0. The van der Waals surface area contributed by atoms with E-state index in [0.29, 0.717) is 0 Å². The number of hydrogen-bond donors (Lipinski definition) is 0. The molecule has 0 aromatic heterocycles. The summed E-state index contributed by atoms with van der Waals surface area (Å²) >= 11 is 3.39. The fourth-order valence-electron chi connectivity index (χ4n) is 1.56. The van der Waals surface area contributed by atoms with Crippen molar-refractivity contribution in [2.24, 2.45) is 0 Å². The monoisotopic (exact) mass is 323 g/mol.